The van der Waals surface area contributed by atoms with Crippen molar-refractivity contribution in [2.75, 3.05) is 6.54 Å². The number of azide groups is 1. The molecular formula is C16H18F3N5O5. The third-order valence-corrected chi connectivity index (χ3v) is 4.47. The van der Waals surface area contributed by atoms with Gasteiger partial charge in [-0.1, -0.05) is 35.4 Å². The average molecular weight is 417 g/mol. The standard InChI is InChI=1S/C16H18F3N5O5/c1-10(11-5-3-2-4-6-11)23(15(25)16(17,18)19)9-12-7-8-13(21-22-20)14(28-12)29-24(26)27/h2-6,10,12-14H,7-9H2,1H3/t10-,12+,13+,14?/m1/s1. The van der Waals surface area contributed by atoms with Crippen molar-refractivity contribution in [3.8, 4) is 0 Å². The summed E-state index contributed by atoms with van der Waals surface area (Å²) in [6.07, 6.45) is -7.47. The van der Waals surface area contributed by atoms with Crippen LogP contribution >= 0.6 is 0 Å². The van der Waals surface area contributed by atoms with Crippen LogP contribution in [0, 0.1) is 10.1 Å². The van der Waals surface area contributed by atoms with Crippen molar-refractivity contribution in [2.24, 2.45) is 5.11 Å². The maximum Gasteiger partial charge on any atom is 0.471 e. The molecule has 10 nitrogen and oxygen atoms in total. The van der Waals surface area contributed by atoms with E-state index in [4.69, 9.17) is 10.3 Å². The molecule has 1 unspecified atom stereocenters. The van der Waals surface area contributed by atoms with Crippen molar-refractivity contribution < 1.29 is 32.6 Å². The molecule has 0 N–H and O–H groups in total. The van der Waals surface area contributed by atoms with Crippen LogP contribution in [0.5, 0.6) is 0 Å². The SMILES string of the molecule is C[C@H](c1ccccc1)N(C[C@@H]1CC[C@H](N=[N+]=[N-])C(O[N+](=O)[O-])O1)C(=O)C(F)(F)F. The largest absolute Gasteiger partial charge is 0.471 e. The third-order valence-electron chi connectivity index (χ3n) is 4.47. The van der Waals surface area contributed by atoms with Crippen molar-refractivity contribution in [3.05, 3.63) is 56.5 Å². The van der Waals surface area contributed by atoms with Crippen LogP contribution in [-0.4, -0.2) is 47.1 Å². The van der Waals surface area contributed by atoms with Crippen molar-refractivity contribution >= 4 is 5.91 Å². The number of benzene rings is 1. The van der Waals surface area contributed by atoms with Crippen molar-refractivity contribution in [1.29, 1.82) is 0 Å². The first-order chi connectivity index (χ1) is 13.6. The second-order valence-corrected chi connectivity index (χ2v) is 6.35. The monoisotopic (exact) mass is 417 g/mol. The Hall–Kier alpha value is -3.05. The molecule has 1 aromatic carbocycles. The predicted molar refractivity (Wildman–Crippen MR) is 91.5 cm³/mol. The number of alkyl halides is 3. The summed E-state index contributed by atoms with van der Waals surface area (Å²) in [6.45, 7) is 0.963. The zero-order valence-electron chi connectivity index (χ0n) is 15.2. The molecule has 0 saturated carbocycles. The molecule has 0 bridgehead atoms. The number of halogens is 3. The highest BCUT2D eigenvalue weighted by atomic mass is 19.4. The van der Waals surface area contributed by atoms with Gasteiger partial charge in [-0.15, -0.1) is 10.1 Å². The van der Waals surface area contributed by atoms with Crippen LogP contribution in [0.2, 0.25) is 0 Å². The maximum absolute atomic E-state index is 13.1. The van der Waals surface area contributed by atoms with Crippen LogP contribution in [0.4, 0.5) is 13.2 Å². The zero-order valence-corrected chi connectivity index (χ0v) is 15.2. The van der Waals surface area contributed by atoms with Gasteiger partial charge in [-0.3, -0.25) is 9.63 Å². The van der Waals surface area contributed by atoms with E-state index in [0.717, 1.165) is 0 Å². The van der Waals surface area contributed by atoms with Crippen LogP contribution in [0.3, 0.4) is 0 Å². The Morgan fingerprint density at radius 3 is 2.66 bits per heavy atom. The first-order valence-electron chi connectivity index (χ1n) is 8.57. The van der Waals surface area contributed by atoms with Crippen molar-refractivity contribution in [3.63, 3.8) is 0 Å². The number of carbonyl (C=O) groups excluding carboxylic acids is 1. The van der Waals surface area contributed by atoms with Gasteiger partial charge in [-0.2, -0.15) is 13.2 Å². The van der Waals surface area contributed by atoms with Gasteiger partial charge in [0.25, 0.3) is 5.09 Å². The molecule has 1 heterocycles. The minimum atomic E-state index is -5.11. The minimum absolute atomic E-state index is 0.0843. The lowest BCUT2D eigenvalue weighted by atomic mass is 10.0. The Labute approximate surface area is 162 Å². The summed E-state index contributed by atoms with van der Waals surface area (Å²) in [4.78, 5) is 30.2. The molecule has 29 heavy (non-hydrogen) atoms. The fraction of sp³-hybridized carbons (Fsp3) is 0.562. The molecule has 1 saturated heterocycles. The maximum atomic E-state index is 13.1. The number of hydrogen-bond acceptors (Lipinski definition) is 6. The Balaban J connectivity index is 2.22. The molecule has 1 amide bonds. The van der Waals surface area contributed by atoms with Gasteiger partial charge in [0.1, 0.15) is 0 Å². The molecule has 1 aliphatic heterocycles. The van der Waals surface area contributed by atoms with Gasteiger partial charge in [-0.05, 0) is 30.9 Å². The third kappa shape index (κ3) is 5.96. The molecule has 0 aliphatic carbocycles. The Bertz CT molecular complexity index is 772. The molecule has 1 aromatic rings. The molecule has 158 valence electrons. The van der Waals surface area contributed by atoms with E-state index < -0.39 is 48.2 Å². The van der Waals surface area contributed by atoms with E-state index in [1.54, 1.807) is 30.3 Å². The van der Waals surface area contributed by atoms with Gasteiger partial charge in [0.15, 0.2) is 0 Å². The van der Waals surface area contributed by atoms with Gasteiger partial charge in [0, 0.05) is 11.5 Å². The number of nitrogens with zero attached hydrogens (tertiary/aromatic N) is 5. The fourth-order valence-electron chi connectivity index (χ4n) is 3.04. The van der Waals surface area contributed by atoms with E-state index >= 15 is 0 Å². The van der Waals surface area contributed by atoms with E-state index in [9.17, 15) is 28.1 Å². The zero-order chi connectivity index (χ0) is 21.6. The topological polar surface area (TPSA) is 131 Å². The van der Waals surface area contributed by atoms with E-state index in [0.29, 0.717) is 10.5 Å². The summed E-state index contributed by atoms with van der Waals surface area (Å²) < 4.78 is 44.8. The van der Waals surface area contributed by atoms with Crippen molar-refractivity contribution in [1.82, 2.24) is 4.90 Å². The van der Waals surface area contributed by atoms with E-state index in [2.05, 4.69) is 14.9 Å². The van der Waals surface area contributed by atoms with Gasteiger partial charge < -0.3 is 9.64 Å². The molecule has 1 aliphatic rings. The molecule has 0 aromatic heterocycles. The summed E-state index contributed by atoms with van der Waals surface area (Å²) in [6, 6.07) is 6.17. The Morgan fingerprint density at radius 2 is 2.10 bits per heavy atom. The van der Waals surface area contributed by atoms with Crippen LogP contribution in [0.25, 0.3) is 10.4 Å². The van der Waals surface area contributed by atoms with Crippen LogP contribution in [0.15, 0.2) is 35.4 Å². The highest BCUT2D eigenvalue weighted by Crippen LogP contribution is 2.30. The first kappa shape index (κ1) is 22.2. The summed E-state index contributed by atoms with van der Waals surface area (Å²) >= 11 is 0. The Morgan fingerprint density at radius 1 is 1.45 bits per heavy atom. The minimum Gasteiger partial charge on any atom is -0.347 e. The summed E-state index contributed by atoms with van der Waals surface area (Å²) in [5.74, 6) is -2.05. The highest BCUT2D eigenvalue weighted by molar-refractivity contribution is 5.82. The van der Waals surface area contributed by atoms with Gasteiger partial charge in [0.2, 0.25) is 6.29 Å². The molecule has 4 atom stereocenters. The van der Waals surface area contributed by atoms with Crippen molar-refractivity contribution in [2.45, 2.75) is 50.4 Å². The number of rotatable bonds is 7. The average Bonchev–Trinajstić information content (AvgIpc) is 2.66. The Kier molecular flexibility index (Phi) is 7.23. The smallest absolute Gasteiger partial charge is 0.347 e. The normalized spacial score (nSPS) is 22.8. The van der Waals surface area contributed by atoms with Gasteiger partial charge in [-0.25, -0.2) is 0 Å². The number of ether oxygens (including phenoxy) is 1. The molecule has 13 heteroatoms. The second kappa shape index (κ2) is 9.43. The second-order valence-electron chi connectivity index (χ2n) is 6.35. The van der Waals surface area contributed by atoms with Crippen LogP contribution in [-0.2, 0) is 14.4 Å². The quantitative estimate of drug-likeness (QED) is 0.220. The first-order valence-corrected chi connectivity index (χ1v) is 8.57. The highest BCUT2D eigenvalue weighted by Gasteiger charge is 2.45. The van der Waals surface area contributed by atoms with E-state index in [1.165, 1.54) is 6.92 Å². The summed E-state index contributed by atoms with van der Waals surface area (Å²) in [5.41, 5.74) is 9.02. The predicted octanol–water partition coefficient (Wildman–Crippen LogP) is 3.53. The lowest BCUT2D eigenvalue weighted by molar-refractivity contribution is -0.782. The molecule has 0 spiro atoms. The summed E-state index contributed by atoms with van der Waals surface area (Å²) in [7, 11) is 0. The fourth-order valence-corrected chi connectivity index (χ4v) is 3.04. The number of hydrogen-bond donors (Lipinski definition) is 0. The van der Waals surface area contributed by atoms with Gasteiger partial charge in [0.05, 0.1) is 18.2 Å². The van der Waals surface area contributed by atoms with Crippen LogP contribution < -0.4 is 0 Å². The molecular weight excluding hydrogens is 399 g/mol. The van der Waals surface area contributed by atoms with Gasteiger partial charge >= 0.3 is 12.1 Å². The lowest BCUT2D eigenvalue weighted by Crippen LogP contribution is -2.50. The summed E-state index contributed by atoms with van der Waals surface area (Å²) in [5, 5.41) is 12.8. The van der Waals surface area contributed by atoms with E-state index in [1.807, 2.05) is 0 Å². The van der Waals surface area contributed by atoms with Crippen LogP contribution in [0.1, 0.15) is 31.4 Å². The molecule has 0 radical (unpaired) electrons. The number of amides is 1. The van der Waals surface area contributed by atoms with E-state index in [-0.39, 0.29) is 12.8 Å². The lowest BCUT2D eigenvalue weighted by Gasteiger charge is -2.37. The molecule has 1 fully saturated rings. The number of carbonyl (C=O) groups is 1. The molecule has 2 rings (SSSR count).